The van der Waals surface area contributed by atoms with Gasteiger partial charge in [0.25, 0.3) is 0 Å². The van der Waals surface area contributed by atoms with Crippen LogP contribution in [0.4, 0.5) is 0 Å². The van der Waals surface area contributed by atoms with E-state index in [0.29, 0.717) is 22.8 Å². The van der Waals surface area contributed by atoms with Gasteiger partial charge in [0.15, 0.2) is 0 Å². The van der Waals surface area contributed by atoms with Gasteiger partial charge in [0.2, 0.25) is 0 Å². The fourth-order valence-corrected chi connectivity index (χ4v) is 2.08. The van der Waals surface area contributed by atoms with Crippen LogP contribution in [0.5, 0.6) is 17.2 Å². The molecule has 2 rings (SSSR count). The molecule has 4 nitrogen and oxygen atoms in total. The standard InChI is InChI=1S/C17H18O4/c1-11-5-12(2)7-16(6-11)21-17(18)13-8-14(19-3)10-15(9-13)20-4/h5-10H,1-4H3. The summed E-state index contributed by atoms with van der Waals surface area (Å²) in [4.78, 5) is 12.2. The summed E-state index contributed by atoms with van der Waals surface area (Å²) >= 11 is 0. The summed E-state index contributed by atoms with van der Waals surface area (Å²) < 4.78 is 15.7. The Kier molecular flexibility index (Phi) is 4.48. The van der Waals surface area contributed by atoms with Crippen LogP contribution in [0.2, 0.25) is 0 Å². The number of ether oxygens (including phenoxy) is 3. The van der Waals surface area contributed by atoms with Gasteiger partial charge in [-0.1, -0.05) is 6.07 Å². The summed E-state index contributed by atoms with van der Waals surface area (Å²) in [5.41, 5.74) is 2.47. The highest BCUT2D eigenvalue weighted by Crippen LogP contribution is 2.24. The van der Waals surface area contributed by atoms with Crippen molar-refractivity contribution in [2.75, 3.05) is 14.2 Å². The van der Waals surface area contributed by atoms with Crippen LogP contribution in [0.25, 0.3) is 0 Å². The molecule has 0 N–H and O–H groups in total. The van der Waals surface area contributed by atoms with E-state index in [1.54, 1.807) is 18.2 Å². The SMILES string of the molecule is COc1cc(OC)cc(C(=O)Oc2cc(C)cc(C)c2)c1. The van der Waals surface area contributed by atoms with E-state index >= 15 is 0 Å². The fourth-order valence-electron chi connectivity index (χ4n) is 2.08. The second-order valence-electron chi connectivity index (χ2n) is 4.81. The molecule has 0 aliphatic heterocycles. The third-order valence-electron chi connectivity index (χ3n) is 2.99. The summed E-state index contributed by atoms with van der Waals surface area (Å²) in [5, 5.41) is 0. The van der Waals surface area contributed by atoms with Gasteiger partial charge in [-0.2, -0.15) is 0 Å². The topological polar surface area (TPSA) is 44.8 Å². The summed E-state index contributed by atoms with van der Waals surface area (Å²) in [7, 11) is 3.07. The molecular formula is C17H18O4. The van der Waals surface area contributed by atoms with Gasteiger partial charge in [-0.15, -0.1) is 0 Å². The first kappa shape index (κ1) is 14.9. The minimum atomic E-state index is -0.447. The summed E-state index contributed by atoms with van der Waals surface area (Å²) in [6.07, 6.45) is 0. The Morgan fingerprint density at radius 2 is 1.29 bits per heavy atom. The van der Waals surface area contributed by atoms with E-state index in [0.717, 1.165) is 11.1 Å². The van der Waals surface area contributed by atoms with Gasteiger partial charge in [-0.3, -0.25) is 0 Å². The molecule has 0 spiro atoms. The number of hydrogen-bond donors (Lipinski definition) is 0. The van der Waals surface area contributed by atoms with Crippen molar-refractivity contribution in [2.24, 2.45) is 0 Å². The van der Waals surface area contributed by atoms with Crippen molar-refractivity contribution in [3.8, 4) is 17.2 Å². The Balaban J connectivity index is 2.27. The summed E-state index contributed by atoms with van der Waals surface area (Å²) in [5.74, 6) is 1.17. The van der Waals surface area contributed by atoms with Gasteiger partial charge < -0.3 is 14.2 Å². The molecule has 0 radical (unpaired) electrons. The molecule has 4 heteroatoms. The van der Waals surface area contributed by atoms with Crippen molar-refractivity contribution in [3.63, 3.8) is 0 Å². The molecular weight excluding hydrogens is 268 g/mol. The number of methoxy groups -OCH3 is 2. The van der Waals surface area contributed by atoms with Crippen LogP contribution in [0, 0.1) is 13.8 Å². The third kappa shape index (κ3) is 3.75. The molecule has 0 heterocycles. The first-order valence-electron chi connectivity index (χ1n) is 6.55. The molecule has 0 atom stereocenters. The predicted octanol–water partition coefficient (Wildman–Crippen LogP) is 3.54. The lowest BCUT2D eigenvalue weighted by molar-refractivity contribution is 0.0734. The second kappa shape index (κ2) is 6.31. The van der Waals surface area contributed by atoms with Crippen molar-refractivity contribution in [2.45, 2.75) is 13.8 Å². The van der Waals surface area contributed by atoms with Crippen LogP contribution < -0.4 is 14.2 Å². The van der Waals surface area contributed by atoms with Crippen molar-refractivity contribution in [3.05, 3.63) is 53.1 Å². The Bertz CT molecular complexity index is 619. The van der Waals surface area contributed by atoms with Crippen molar-refractivity contribution in [1.29, 1.82) is 0 Å². The number of benzene rings is 2. The van der Waals surface area contributed by atoms with Crippen LogP contribution in [0.15, 0.2) is 36.4 Å². The maximum absolute atomic E-state index is 12.2. The number of hydrogen-bond acceptors (Lipinski definition) is 4. The highest BCUT2D eigenvalue weighted by Gasteiger charge is 2.12. The van der Waals surface area contributed by atoms with Gasteiger partial charge >= 0.3 is 5.97 Å². The molecule has 2 aromatic rings. The minimum absolute atomic E-state index is 0.380. The van der Waals surface area contributed by atoms with Gasteiger partial charge in [0.05, 0.1) is 19.8 Å². The average Bonchev–Trinajstić information content (AvgIpc) is 2.45. The predicted molar refractivity (Wildman–Crippen MR) is 80.4 cm³/mol. The average molecular weight is 286 g/mol. The molecule has 0 saturated carbocycles. The maximum atomic E-state index is 12.2. The zero-order chi connectivity index (χ0) is 15.4. The van der Waals surface area contributed by atoms with Gasteiger partial charge in [0.1, 0.15) is 17.2 Å². The highest BCUT2D eigenvalue weighted by molar-refractivity contribution is 5.92. The summed E-state index contributed by atoms with van der Waals surface area (Å²) in [6, 6.07) is 10.6. The van der Waals surface area contributed by atoms with Gasteiger partial charge in [-0.25, -0.2) is 4.79 Å². The van der Waals surface area contributed by atoms with Gasteiger partial charge in [-0.05, 0) is 49.2 Å². The molecule has 110 valence electrons. The van der Waals surface area contributed by atoms with Crippen LogP contribution >= 0.6 is 0 Å². The molecule has 0 aliphatic carbocycles. The van der Waals surface area contributed by atoms with E-state index in [1.165, 1.54) is 14.2 Å². The summed E-state index contributed by atoms with van der Waals surface area (Å²) in [6.45, 7) is 3.91. The van der Waals surface area contributed by atoms with Crippen LogP contribution in [0.3, 0.4) is 0 Å². The van der Waals surface area contributed by atoms with Crippen LogP contribution in [-0.4, -0.2) is 20.2 Å². The number of esters is 1. The molecule has 21 heavy (non-hydrogen) atoms. The van der Waals surface area contributed by atoms with Crippen LogP contribution in [0.1, 0.15) is 21.5 Å². The van der Waals surface area contributed by atoms with Crippen molar-refractivity contribution < 1.29 is 19.0 Å². The number of rotatable bonds is 4. The van der Waals surface area contributed by atoms with E-state index in [1.807, 2.05) is 32.0 Å². The van der Waals surface area contributed by atoms with Crippen molar-refractivity contribution in [1.82, 2.24) is 0 Å². The molecule has 0 fully saturated rings. The molecule has 0 aromatic heterocycles. The number of carbonyl (C=O) groups excluding carboxylic acids is 1. The van der Waals surface area contributed by atoms with E-state index in [4.69, 9.17) is 14.2 Å². The fraction of sp³-hybridized carbons (Fsp3) is 0.235. The number of aryl methyl sites for hydroxylation is 2. The zero-order valence-corrected chi connectivity index (χ0v) is 12.6. The lowest BCUT2D eigenvalue weighted by Gasteiger charge is -2.09. The monoisotopic (exact) mass is 286 g/mol. The normalized spacial score (nSPS) is 10.1. The first-order valence-corrected chi connectivity index (χ1v) is 6.55. The quantitative estimate of drug-likeness (QED) is 0.637. The molecule has 0 aliphatic rings. The Morgan fingerprint density at radius 3 is 1.76 bits per heavy atom. The van der Waals surface area contributed by atoms with E-state index in [9.17, 15) is 4.79 Å². The van der Waals surface area contributed by atoms with Gasteiger partial charge in [0, 0.05) is 6.07 Å². The smallest absolute Gasteiger partial charge is 0.343 e. The Hall–Kier alpha value is -2.49. The lowest BCUT2D eigenvalue weighted by atomic mass is 10.1. The highest BCUT2D eigenvalue weighted by atomic mass is 16.5. The lowest BCUT2D eigenvalue weighted by Crippen LogP contribution is -2.09. The van der Waals surface area contributed by atoms with E-state index in [2.05, 4.69) is 0 Å². The minimum Gasteiger partial charge on any atom is -0.497 e. The molecule has 0 bridgehead atoms. The first-order chi connectivity index (χ1) is 10.0. The Morgan fingerprint density at radius 1 is 0.762 bits per heavy atom. The largest absolute Gasteiger partial charge is 0.497 e. The molecule has 0 saturated heterocycles. The molecule has 2 aromatic carbocycles. The third-order valence-corrected chi connectivity index (χ3v) is 2.99. The molecule has 0 unspecified atom stereocenters. The van der Waals surface area contributed by atoms with Crippen LogP contribution in [-0.2, 0) is 0 Å². The number of carbonyl (C=O) groups is 1. The zero-order valence-electron chi connectivity index (χ0n) is 12.6. The van der Waals surface area contributed by atoms with E-state index in [-0.39, 0.29) is 0 Å². The van der Waals surface area contributed by atoms with E-state index < -0.39 is 5.97 Å². The maximum Gasteiger partial charge on any atom is 0.343 e. The molecule has 0 amide bonds. The second-order valence-corrected chi connectivity index (χ2v) is 4.81. The Labute approximate surface area is 124 Å². The van der Waals surface area contributed by atoms with Crippen molar-refractivity contribution >= 4 is 5.97 Å².